The maximum atomic E-state index is 9.67. The van der Waals surface area contributed by atoms with Crippen LogP contribution >= 0.6 is 0 Å². The van der Waals surface area contributed by atoms with Gasteiger partial charge in [0, 0.05) is 18.7 Å². The fourth-order valence-electron chi connectivity index (χ4n) is 3.70. The Morgan fingerprint density at radius 2 is 1.89 bits per heavy atom. The van der Waals surface area contributed by atoms with Crippen LogP contribution < -0.4 is 4.90 Å². The van der Waals surface area contributed by atoms with Crippen molar-refractivity contribution in [1.29, 1.82) is 10.5 Å². The van der Waals surface area contributed by atoms with E-state index in [2.05, 4.69) is 30.0 Å². The standard InChI is InChI=1S/C16H17N3/c1-15-8-4-5-9-19(15)14-7-3-2-6-13(14)10-16(15,11-17)12-18/h2-3,6-7H,4-5,8-10H2,1H3. The molecule has 0 saturated carbocycles. The third-order valence-electron chi connectivity index (χ3n) is 4.93. The van der Waals surface area contributed by atoms with Crippen LogP contribution in [0.2, 0.25) is 0 Å². The zero-order chi connectivity index (χ0) is 13.5. The Morgan fingerprint density at radius 1 is 1.16 bits per heavy atom. The van der Waals surface area contributed by atoms with Crippen LogP contribution in [-0.2, 0) is 6.42 Å². The lowest BCUT2D eigenvalue weighted by molar-refractivity contribution is 0.196. The first-order chi connectivity index (χ1) is 9.17. The summed E-state index contributed by atoms with van der Waals surface area (Å²) in [4.78, 5) is 2.31. The highest BCUT2D eigenvalue weighted by Crippen LogP contribution is 2.51. The lowest BCUT2D eigenvalue weighted by Gasteiger charge is -2.55. The van der Waals surface area contributed by atoms with E-state index in [1.165, 1.54) is 5.69 Å². The second kappa shape index (κ2) is 4.00. The summed E-state index contributed by atoms with van der Waals surface area (Å²) in [5, 5.41) is 19.3. The number of para-hydroxylation sites is 1. The van der Waals surface area contributed by atoms with Crippen molar-refractivity contribution in [3.05, 3.63) is 29.8 Å². The number of nitriles is 2. The zero-order valence-electron chi connectivity index (χ0n) is 11.2. The maximum Gasteiger partial charge on any atom is 0.170 e. The molecule has 0 amide bonds. The monoisotopic (exact) mass is 251 g/mol. The van der Waals surface area contributed by atoms with Crippen molar-refractivity contribution in [2.24, 2.45) is 5.41 Å². The summed E-state index contributed by atoms with van der Waals surface area (Å²) in [5.41, 5.74) is 1.06. The van der Waals surface area contributed by atoms with Gasteiger partial charge in [0.05, 0.1) is 17.7 Å². The van der Waals surface area contributed by atoms with Crippen LogP contribution in [0.1, 0.15) is 31.7 Å². The van der Waals surface area contributed by atoms with Crippen molar-refractivity contribution in [3.63, 3.8) is 0 Å². The number of rotatable bonds is 0. The molecule has 0 spiro atoms. The number of hydrogen-bond donors (Lipinski definition) is 0. The smallest absolute Gasteiger partial charge is 0.170 e. The largest absolute Gasteiger partial charge is 0.363 e. The van der Waals surface area contributed by atoms with Crippen molar-refractivity contribution in [3.8, 4) is 12.1 Å². The van der Waals surface area contributed by atoms with Gasteiger partial charge in [-0.2, -0.15) is 10.5 Å². The van der Waals surface area contributed by atoms with E-state index in [1.54, 1.807) is 0 Å². The molecule has 3 heteroatoms. The van der Waals surface area contributed by atoms with Gasteiger partial charge in [-0.25, -0.2) is 0 Å². The fourth-order valence-corrected chi connectivity index (χ4v) is 3.70. The van der Waals surface area contributed by atoms with Gasteiger partial charge < -0.3 is 4.90 Å². The Morgan fingerprint density at radius 3 is 2.63 bits per heavy atom. The summed E-state index contributed by atoms with van der Waals surface area (Å²) in [7, 11) is 0. The molecular weight excluding hydrogens is 234 g/mol. The summed E-state index contributed by atoms with van der Waals surface area (Å²) in [6, 6.07) is 12.9. The second-order valence-corrected chi connectivity index (χ2v) is 5.82. The molecule has 1 unspecified atom stereocenters. The van der Waals surface area contributed by atoms with E-state index in [0.29, 0.717) is 6.42 Å². The minimum absolute atomic E-state index is 0.358. The minimum atomic E-state index is -0.929. The average Bonchev–Trinajstić information content (AvgIpc) is 2.46. The number of piperidine rings is 1. The van der Waals surface area contributed by atoms with E-state index >= 15 is 0 Å². The summed E-state index contributed by atoms with van der Waals surface area (Å²) in [6.07, 6.45) is 3.70. The number of anilines is 1. The predicted octanol–water partition coefficient (Wildman–Crippen LogP) is 3.03. The molecule has 1 saturated heterocycles. The summed E-state index contributed by atoms with van der Waals surface area (Å²) in [5.74, 6) is 0. The molecule has 0 aliphatic carbocycles. The SMILES string of the molecule is CC12CCCCN1c1ccccc1CC2(C#N)C#N. The van der Waals surface area contributed by atoms with Crippen LogP contribution in [-0.4, -0.2) is 12.1 Å². The zero-order valence-corrected chi connectivity index (χ0v) is 11.2. The molecule has 2 heterocycles. The van der Waals surface area contributed by atoms with Crippen molar-refractivity contribution in [2.75, 3.05) is 11.4 Å². The molecule has 19 heavy (non-hydrogen) atoms. The molecular formula is C16H17N3. The maximum absolute atomic E-state index is 9.67. The van der Waals surface area contributed by atoms with Crippen LogP contribution in [0.25, 0.3) is 0 Å². The Bertz CT molecular complexity index is 579. The quantitative estimate of drug-likeness (QED) is 0.712. The molecule has 2 aliphatic rings. The van der Waals surface area contributed by atoms with E-state index in [4.69, 9.17) is 0 Å². The van der Waals surface area contributed by atoms with Gasteiger partial charge in [-0.15, -0.1) is 0 Å². The second-order valence-electron chi connectivity index (χ2n) is 5.82. The van der Waals surface area contributed by atoms with Crippen LogP contribution in [0.15, 0.2) is 24.3 Å². The Hall–Kier alpha value is -2.00. The minimum Gasteiger partial charge on any atom is -0.363 e. The van der Waals surface area contributed by atoms with Gasteiger partial charge in [0.1, 0.15) is 0 Å². The summed E-state index contributed by atoms with van der Waals surface area (Å²) in [6.45, 7) is 3.03. The fraction of sp³-hybridized carbons (Fsp3) is 0.500. The highest BCUT2D eigenvalue weighted by atomic mass is 15.2. The van der Waals surface area contributed by atoms with Crippen molar-refractivity contribution >= 4 is 5.69 Å². The lowest BCUT2D eigenvalue weighted by atomic mass is 9.61. The molecule has 3 nitrogen and oxygen atoms in total. The molecule has 0 bridgehead atoms. The average molecular weight is 251 g/mol. The molecule has 1 fully saturated rings. The van der Waals surface area contributed by atoms with Crippen molar-refractivity contribution < 1.29 is 0 Å². The van der Waals surface area contributed by atoms with Gasteiger partial charge in [-0.3, -0.25) is 0 Å². The number of fused-ring (bicyclic) bond motifs is 3. The van der Waals surface area contributed by atoms with Gasteiger partial charge in [0.25, 0.3) is 0 Å². The normalized spacial score (nSPS) is 27.6. The van der Waals surface area contributed by atoms with Gasteiger partial charge in [0.2, 0.25) is 0 Å². The van der Waals surface area contributed by atoms with E-state index < -0.39 is 5.41 Å². The van der Waals surface area contributed by atoms with Gasteiger partial charge >= 0.3 is 0 Å². The van der Waals surface area contributed by atoms with E-state index in [9.17, 15) is 10.5 Å². The first kappa shape index (κ1) is 12.1. The molecule has 2 aliphatic heterocycles. The molecule has 1 aromatic rings. The third kappa shape index (κ3) is 1.42. The highest BCUT2D eigenvalue weighted by Gasteiger charge is 2.56. The number of nitrogens with zero attached hydrogens (tertiary/aromatic N) is 3. The summed E-state index contributed by atoms with van der Waals surface area (Å²) < 4.78 is 0. The van der Waals surface area contributed by atoms with E-state index in [-0.39, 0.29) is 5.54 Å². The van der Waals surface area contributed by atoms with Gasteiger partial charge in [-0.05, 0) is 37.8 Å². The Balaban J connectivity index is 2.23. The molecule has 0 radical (unpaired) electrons. The van der Waals surface area contributed by atoms with Crippen LogP contribution in [0.4, 0.5) is 5.69 Å². The van der Waals surface area contributed by atoms with Crippen LogP contribution in [0, 0.1) is 28.1 Å². The van der Waals surface area contributed by atoms with Crippen LogP contribution in [0.5, 0.6) is 0 Å². The first-order valence-electron chi connectivity index (χ1n) is 6.85. The van der Waals surface area contributed by atoms with Gasteiger partial charge in [-0.1, -0.05) is 18.2 Å². The molecule has 3 rings (SSSR count). The Kier molecular flexibility index (Phi) is 2.54. The third-order valence-corrected chi connectivity index (χ3v) is 4.93. The molecule has 0 N–H and O–H groups in total. The molecule has 0 aromatic heterocycles. The highest BCUT2D eigenvalue weighted by molar-refractivity contribution is 5.62. The number of benzene rings is 1. The van der Waals surface area contributed by atoms with Gasteiger partial charge in [0.15, 0.2) is 5.41 Å². The Labute approximate surface area is 114 Å². The van der Waals surface area contributed by atoms with E-state index in [0.717, 1.165) is 31.4 Å². The lowest BCUT2D eigenvalue weighted by Crippen LogP contribution is -2.63. The van der Waals surface area contributed by atoms with Crippen molar-refractivity contribution in [2.45, 2.75) is 38.1 Å². The number of hydrogen-bond acceptors (Lipinski definition) is 3. The molecule has 96 valence electrons. The summed E-state index contributed by atoms with van der Waals surface area (Å²) >= 11 is 0. The van der Waals surface area contributed by atoms with Crippen LogP contribution in [0.3, 0.4) is 0 Å². The topological polar surface area (TPSA) is 50.8 Å². The van der Waals surface area contributed by atoms with E-state index in [1.807, 2.05) is 18.2 Å². The van der Waals surface area contributed by atoms with Crippen molar-refractivity contribution in [1.82, 2.24) is 0 Å². The first-order valence-corrected chi connectivity index (χ1v) is 6.85. The predicted molar refractivity (Wildman–Crippen MR) is 73.4 cm³/mol. The molecule has 1 atom stereocenters. The molecule has 1 aromatic carbocycles.